The summed E-state index contributed by atoms with van der Waals surface area (Å²) < 4.78 is 1.97. The predicted molar refractivity (Wildman–Crippen MR) is 125 cm³/mol. The molecule has 1 aromatic carbocycles. The molecule has 7 heteroatoms. The molecular weight excluding hydrogens is 404 g/mol. The van der Waals surface area contributed by atoms with E-state index in [2.05, 4.69) is 36.6 Å². The largest absolute Gasteiger partial charge is 0.480 e. The molecule has 1 aliphatic carbocycles. The van der Waals surface area contributed by atoms with Crippen LogP contribution < -0.4 is 10.6 Å². The molecule has 1 fully saturated rings. The summed E-state index contributed by atoms with van der Waals surface area (Å²) in [4.78, 5) is 29.3. The van der Waals surface area contributed by atoms with Crippen molar-refractivity contribution in [3.63, 3.8) is 0 Å². The van der Waals surface area contributed by atoms with Crippen LogP contribution in [0.4, 0.5) is 11.5 Å². The smallest absolute Gasteiger partial charge is 0.326 e. The topological polar surface area (TPSA) is 95.7 Å². The van der Waals surface area contributed by atoms with E-state index in [0.29, 0.717) is 23.5 Å². The number of aliphatic carboxylic acids is 1. The summed E-state index contributed by atoms with van der Waals surface area (Å²) in [6, 6.07) is 8.72. The number of hydrogen-bond donors (Lipinski definition) is 3. The Morgan fingerprint density at radius 2 is 1.91 bits per heavy atom. The van der Waals surface area contributed by atoms with Crippen molar-refractivity contribution in [2.75, 3.05) is 5.32 Å². The first-order chi connectivity index (χ1) is 15.3. The molecule has 168 valence electrons. The first kappa shape index (κ1) is 21.9. The van der Waals surface area contributed by atoms with E-state index in [1.54, 1.807) is 12.1 Å². The predicted octanol–water partition coefficient (Wildman–Crippen LogP) is 4.80. The molecule has 0 spiro atoms. The number of benzene rings is 1. The van der Waals surface area contributed by atoms with Gasteiger partial charge in [0.1, 0.15) is 17.5 Å². The van der Waals surface area contributed by atoms with Gasteiger partial charge in [0, 0.05) is 23.4 Å². The van der Waals surface area contributed by atoms with Crippen molar-refractivity contribution >= 4 is 29.0 Å². The van der Waals surface area contributed by atoms with E-state index in [1.165, 1.54) is 0 Å². The van der Waals surface area contributed by atoms with Crippen molar-refractivity contribution in [2.45, 2.75) is 58.9 Å². The summed E-state index contributed by atoms with van der Waals surface area (Å²) in [5.41, 5.74) is 5.45. The van der Waals surface area contributed by atoms with E-state index in [1.807, 2.05) is 30.5 Å². The number of aryl methyl sites for hydroxylation is 2. The van der Waals surface area contributed by atoms with Crippen molar-refractivity contribution in [3.05, 3.63) is 58.9 Å². The quantitative estimate of drug-likeness (QED) is 0.473. The molecule has 32 heavy (non-hydrogen) atoms. The first-order valence-corrected chi connectivity index (χ1v) is 11.2. The third-order valence-corrected chi connectivity index (χ3v) is 6.37. The molecule has 0 saturated heterocycles. The SMILES string of the molecule is CCC(C)C(NC(=O)c1ccn2c(Nc3c(C)cccc3C)c(C3CC3)nc2c1)C(=O)O. The van der Waals surface area contributed by atoms with Gasteiger partial charge in [-0.1, -0.05) is 38.5 Å². The van der Waals surface area contributed by atoms with E-state index in [0.717, 1.165) is 41.2 Å². The van der Waals surface area contributed by atoms with Crippen LogP contribution in [0.5, 0.6) is 0 Å². The van der Waals surface area contributed by atoms with Gasteiger partial charge < -0.3 is 15.7 Å². The lowest BCUT2D eigenvalue weighted by Crippen LogP contribution is -2.45. The minimum atomic E-state index is -1.02. The average Bonchev–Trinajstić information content (AvgIpc) is 3.55. The molecule has 7 nitrogen and oxygen atoms in total. The molecule has 4 rings (SSSR count). The zero-order valence-electron chi connectivity index (χ0n) is 19.0. The molecule has 1 aliphatic rings. The normalized spacial score (nSPS) is 15.4. The Morgan fingerprint density at radius 1 is 1.22 bits per heavy atom. The third kappa shape index (κ3) is 4.20. The van der Waals surface area contributed by atoms with Crippen LogP contribution in [0.1, 0.15) is 66.2 Å². The van der Waals surface area contributed by atoms with Crippen LogP contribution in [0.3, 0.4) is 0 Å². The highest BCUT2D eigenvalue weighted by atomic mass is 16.4. The van der Waals surface area contributed by atoms with Crippen LogP contribution in [0, 0.1) is 19.8 Å². The number of rotatable bonds is 8. The molecule has 2 unspecified atom stereocenters. The number of para-hydroxylation sites is 1. The zero-order valence-corrected chi connectivity index (χ0v) is 19.0. The number of carboxylic acid groups (broad SMARTS) is 1. The van der Waals surface area contributed by atoms with Crippen molar-refractivity contribution in [1.82, 2.24) is 14.7 Å². The number of imidazole rings is 1. The van der Waals surface area contributed by atoms with Crippen molar-refractivity contribution in [2.24, 2.45) is 5.92 Å². The fourth-order valence-electron chi connectivity index (χ4n) is 4.01. The van der Waals surface area contributed by atoms with E-state index in [-0.39, 0.29) is 5.92 Å². The second-order valence-corrected chi connectivity index (χ2v) is 8.83. The number of nitrogens with one attached hydrogen (secondary N) is 2. The number of amides is 1. The Labute approximate surface area is 187 Å². The number of carboxylic acids is 1. The van der Waals surface area contributed by atoms with Gasteiger partial charge in [-0.25, -0.2) is 9.78 Å². The van der Waals surface area contributed by atoms with Crippen molar-refractivity contribution in [3.8, 4) is 0 Å². The second kappa shape index (κ2) is 8.65. The summed E-state index contributed by atoms with van der Waals surface area (Å²) in [7, 11) is 0. The van der Waals surface area contributed by atoms with E-state index in [4.69, 9.17) is 4.98 Å². The number of aromatic nitrogens is 2. The lowest BCUT2D eigenvalue weighted by atomic mass is 9.99. The van der Waals surface area contributed by atoms with Crippen LogP contribution >= 0.6 is 0 Å². The Kier molecular flexibility index (Phi) is 5.91. The van der Waals surface area contributed by atoms with Crippen molar-refractivity contribution in [1.29, 1.82) is 0 Å². The van der Waals surface area contributed by atoms with Gasteiger partial charge in [-0.05, 0) is 55.9 Å². The van der Waals surface area contributed by atoms with Crippen LogP contribution in [-0.2, 0) is 4.79 Å². The Balaban J connectivity index is 1.68. The highest BCUT2D eigenvalue weighted by Crippen LogP contribution is 2.44. The average molecular weight is 435 g/mol. The number of fused-ring (bicyclic) bond motifs is 1. The maximum Gasteiger partial charge on any atom is 0.326 e. The van der Waals surface area contributed by atoms with Gasteiger partial charge in [0.15, 0.2) is 0 Å². The van der Waals surface area contributed by atoms with Gasteiger partial charge >= 0.3 is 5.97 Å². The number of carbonyl (C=O) groups excluding carboxylic acids is 1. The molecule has 2 aromatic heterocycles. The standard InChI is InChI=1S/C25H30N4O3/c1-5-14(2)21(25(31)32)28-24(30)18-11-12-29-19(13-18)26-22(17-9-10-17)23(29)27-20-15(3)7-6-8-16(20)4/h6-8,11-14,17,21,27H,5,9-10H2,1-4H3,(H,28,30)(H,31,32). The van der Waals surface area contributed by atoms with Crippen LogP contribution in [-0.4, -0.2) is 32.4 Å². The highest BCUT2D eigenvalue weighted by Gasteiger charge is 2.31. The van der Waals surface area contributed by atoms with Gasteiger partial charge in [-0.15, -0.1) is 0 Å². The molecular formula is C25H30N4O3. The van der Waals surface area contributed by atoms with E-state index in [9.17, 15) is 14.7 Å². The fourth-order valence-corrected chi connectivity index (χ4v) is 4.01. The maximum atomic E-state index is 12.8. The zero-order chi connectivity index (χ0) is 23.0. The maximum absolute atomic E-state index is 12.8. The summed E-state index contributed by atoms with van der Waals surface area (Å²) in [6.07, 6.45) is 4.70. The molecule has 1 amide bonds. The molecule has 2 atom stereocenters. The second-order valence-electron chi connectivity index (χ2n) is 8.83. The number of anilines is 2. The molecule has 0 aliphatic heterocycles. The third-order valence-electron chi connectivity index (χ3n) is 6.37. The molecule has 3 aromatic rings. The molecule has 0 radical (unpaired) electrons. The van der Waals surface area contributed by atoms with Crippen LogP contribution in [0.25, 0.3) is 5.65 Å². The van der Waals surface area contributed by atoms with Crippen LogP contribution in [0.2, 0.25) is 0 Å². The lowest BCUT2D eigenvalue weighted by molar-refractivity contribution is -0.140. The van der Waals surface area contributed by atoms with Gasteiger partial charge in [-0.3, -0.25) is 9.20 Å². The Bertz CT molecular complexity index is 1160. The first-order valence-electron chi connectivity index (χ1n) is 11.2. The van der Waals surface area contributed by atoms with Gasteiger partial charge in [0.05, 0.1) is 5.69 Å². The minimum absolute atomic E-state index is 0.166. The number of carbonyl (C=O) groups is 2. The van der Waals surface area contributed by atoms with E-state index < -0.39 is 17.9 Å². The van der Waals surface area contributed by atoms with Crippen molar-refractivity contribution < 1.29 is 14.7 Å². The molecule has 2 heterocycles. The van der Waals surface area contributed by atoms with E-state index >= 15 is 0 Å². The number of pyridine rings is 1. The molecule has 0 bridgehead atoms. The summed E-state index contributed by atoms with van der Waals surface area (Å²) in [6.45, 7) is 7.89. The minimum Gasteiger partial charge on any atom is -0.480 e. The Hall–Kier alpha value is -3.35. The lowest BCUT2D eigenvalue weighted by Gasteiger charge is -2.20. The highest BCUT2D eigenvalue weighted by molar-refractivity contribution is 5.97. The van der Waals surface area contributed by atoms with Gasteiger partial charge in [0.2, 0.25) is 0 Å². The van der Waals surface area contributed by atoms with Gasteiger partial charge in [-0.2, -0.15) is 0 Å². The monoisotopic (exact) mass is 434 g/mol. The molecule has 1 saturated carbocycles. The summed E-state index contributed by atoms with van der Waals surface area (Å²) >= 11 is 0. The number of nitrogens with zero attached hydrogens (tertiary/aromatic N) is 2. The van der Waals surface area contributed by atoms with Crippen LogP contribution in [0.15, 0.2) is 36.5 Å². The fraction of sp³-hybridized carbons (Fsp3) is 0.400. The molecule has 3 N–H and O–H groups in total. The Morgan fingerprint density at radius 3 is 2.50 bits per heavy atom. The summed E-state index contributed by atoms with van der Waals surface area (Å²) in [5, 5.41) is 15.8. The number of hydrogen-bond acceptors (Lipinski definition) is 4. The van der Waals surface area contributed by atoms with Gasteiger partial charge in [0.25, 0.3) is 5.91 Å². The summed E-state index contributed by atoms with van der Waals surface area (Å²) in [5.74, 6) is -0.247.